The molecule has 3 N–H and O–H groups in total. The van der Waals surface area contributed by atoms with Crippen molar-refractivity contribution < 1.29 is 4.79 Å². The largest absolute Gasteiger partial charge is 0.396 e. The summed E-state index contributed by atoms with van der Waals surface area (Å²) in [7, 11) is 0. The fourth-order valence-electron chi connectivity index (χ4n) is 1.50. The lowest BCUT2D eigenvalue weighted by atomic mass is 10.4. The Bertz CT molecular complexity index is 533. The van der Waals surface area contributed by atoms with E-state index in [-0.39, 0.29) is 12.5 Å². The van der Waals surface area contributed by atoms with E-state index in [1.54, 1.807) is 17.5 Å². The highest BCUT2D eigenvalue weighted by atomic mass is 32.1. The molecule has 2 aromatic rings. The molecule has 2 aromatic heterocycles. The lowest BCUT2D eigenvalue weighted by Crippen LogP contribution is -2.29. The van der Waals surface area contributed by atoms with E-state index < -0.39 is 0 Å². The van der Waals surface area contributed by atoms with Crippen LogP contribution >= 0.6 is 11.3 Å². The van der Waals surface area contributed by atoms with Gasteiger partial charge in [0.05, 0.1) is 16.9 Å². The van der Waals surface area contributed by atoms with Gasteiger partial charge in [0.2, 0.25) is 5.91 Å². The van der Waals surface area contributed by atoms with Crippen LogP contribution in [-0.2, 0) is 17.8 Å². The van der Waals surface area contributed by atoms with Crippen LogP contribution in [0, 0.1) is 6.92 Å². The highest BCUT2D eigenvalue weighted by Crippen LogP contribution is 2.08. The molecule has 0 spiro atoms. The summed E-state index contributed by atoms with van der Waals surface area (Å²) in [6.07, 6.45) is 3.90. The molecule has 0 saturated heterocycles. The van der Waals surface area contributed by atoms with Crippen LogP contribution in [0.5, 0.6) is 0 Å². The number of nitrogens with one attached hydrogen (secondary N) is 1. The second-order valence-electron chi connectivity index (χ2n) is 3.95. The number of nitrogens with two attached hydrogens (primary N) is 1. The number of amides is 1. The molecule has 0 aliphatic rings. The van der Waals surface area contributed by atoms with E-state index in [1.807, 2.05) is 12.3 Å². The van der Waals surface area contributed by atoms with Gasteiger partial charge >= 0.3 is 0 Å². The molecule has 96 valence electrons. The normalized spacial score (nSPS) is 10.5. The van der Waals surface area contributed by atoms with Gasteiger partial charge < -0.3 is 11.1 Å². The Hall–Kier alpha value is -1.89. The molecule has 0 radical (unpaired) electrons. The molecule has 0 bridgehead atoms. The zero-order valence-corrected chi connectivity index (χ0v) is 10.9. The molecule has 1 amide bonds. The monoisotopic (exact) mass is 265 g/mol. The number of rotatable bonds is 5. The van der Waals surface area contributed by atoms with E-state index >= 15 is 0 Å². The van der Waals surface area contributed by atoms with Crippen molar-refractivity contribution in [1.82, 2.24) is 20.1 Å². The highest BCUT2D eigenvalue weighted by Gasteiger charge is 2.04. The van der Waals surface area contributed by atoms with Crippen molar-refractivity contribution in [3.05, 3.63) is 28.5 Å². The molecule has 6 nitrogen and oxygen atoms in total. The van der Waals surface area contributed by atoms with Gasteiger partial charge in [-0.1, -0.05) is 0 Å². The van der Waals surface area contributed by atoms with Crippen LogP contribution in [0.15, 0.2) is 17.8 Å². The summed E-state index contributed by atoms with van der Waals surface area (Å²) in [6.45, 7) is 2.73. The topological polar surface area (TPSA) is 85.8 Å². The lowest BCUT2D eigenvalue weighted by molar-refractivity contribution is -0.121. The van der Waals surface area contributed by atoms with E-state index in [2.05, 4.69) is 15.4 Å². The van der Waals surface area contributed by atoms with Gasteiger partial charge in [0, 0.05) is 30.2 Å². The van der Waals surface area contributed by atoms with Gasteiger partial charge in [-0.3, -0.25) is 9.48 Å². The molecule has 7 heteroatoms. The van der Waals surface area contributed by atoms with Crippen molar-refractivity contribution in [2.24, 2.45) is 0 Å². The number of aryl methyl sites for hydroxylation is 1. The summed E-state index contributed by atoms with van der Waals surface area (Å²) >= 11 is 1.61. The third-order valence-corrected chi connectivity index (χ3v) is 3.31. The number of carbonyl (C=O) groups is 1. The SMILES string of the molecule is Cc1csc(CCNC(=O)Cn2cc(N)cn2)n1. The zero-order chi connectivity index (χ0) is 13.0. The summed E-state index contributed by atoms with van der Waals surface area (Å²) in [4.78, 5) is 15.9. The van der Waals surface area contributed by atoms with Crippen LogP contribution in [0.2, 0.25) is 0 Å². The quantitative estimate of drug-likeness (QED) is 0.828. The Morgan fingerprint density at radius 2 is 2.44 bits per heavy atom. The first-order chi connectivity index (χ1) is 8.63. The van der Waals surface area contributed by atoms with E-state index in [4.69, 9.17) is 5.73 Å². The molecule has 0 aliphatic heterocycles. The van der Waals surface area contributed by atoms with Gasteiger partial charge in [0.25, 0.3) is 0 Å². The predicted molar refractivity (Wildman–Crippen MR) is 70.2 cm³/mol. The van der Waals surface area contributed by atoms with Crippen molar-refractivity contribution in [3.63, 3.8) is 0 Å². The van der Waals surface area contributed by atoms with E-state index in [0.29, 0.717) is 12.2 Å². The Balaban J connectivity index is 1.72. The van der Waals surface area contributed by atoms with Gasteiger partial charge in [-0.25, -0.2) is 4.98 Å². The molecular weight excluding hydrogens is 250 g/mol. The Morgan fingerprint density at radius 1 is 1.61 bits per heavy atom. The number of carbonyl (C=O) groups excluding carboxylic acids is 1. The molecule has 0 saturated carbocycles. The summed E-state index contributed by atoms with van der Waals surface area (Å²) in [5, 5.41) is 9.81. The van der Waals surface area contributed by atoms with Crippen LogP contribution in [-0.4, -0.2) is 27.2 Å². The maximum atomic E-state index is 11.6. The van der Waals surface area contributed by atoms with Crippen LogP contribution in [0.1, 0.15) is 10.7 Å². The van der Waals surface area contributed by atoms with Crippen LogP contribution < -0.4 is 11.1 Å². The molecule has 2 rings (SSSR count). The van der Waals surface area contributed by atoms with E-state index in [0.717, 1.165) is 17.1 Å². The molecule has 2 heterocycles. The van der Waals surface area contributed by atoms with Gasteiger partial charge in [0.15, 0.2) is 0 Å². The minimum absolute atomic E-state index is 0.0774. The van der Waals surface area contributed by atoms with Crippen LogP contribution in [0.25, 0.3) is 0 Å². The zero-order valence-electron chi connectivity index (χ0n) is 10.1. The standard InChI is InChI=1S/C11H15N5OS/c1-8-7-18-11(15-8)2-3-13-10(17)6-16-5-9(12)4-14-16/h4-5,7H,2-3,6,12H2,1H3,(H,13,17). The fraction of sp³-hybridized carbons (Fsp3) is 0.364. The van der Waals surface area contributed by atoms with Gasteiger partial charge in [-0.2, -0.15) is 5.10 Å². The molecule has 0 aromatic carbocycles. The number of nitrogen functional groups attached to an aromatic ring is 1. The predicted octanol–water partition coefficient (Wildman–Crippen LogP) is 0.589. The minimum atomic E-state index is -0.0774. The second-order valence-corrected chi connectivity index (χ2v) is 4.90. The summed E-state index contributed by atoms with van der Waals surface area (Å²) < 4.78 is 1.51. The first-order valence-electron chi connectivity index (χ1n) is 5.59. The van der Waals surface area contributed by atoms with E-state index in [1.165, 1.54) is 10.9 Å². The Labute approximate surface area is 109 Å². The molecule has 0 aliphatic carbocycles. The van der Waals surface area contributed by atoms with Crippen LogP contribution in [0.3, 0.4) is 0 Å². The molecule has 0 unspecified atom stereocenters. The third-order valence-electron chi connectivity index (χ3n) is 2.29. The lowest BCUT2D eigenvalue weighted by Gasteiger charge is -2.03. The smallest absolute Gasteiger partial charge is 0.241 e. The number of anilines is 1. The fourth-order valence-corrected chi connectivity index (χ4v) is 2.27. The van der Waals surface area contributed by atoms with Crippen molar-refractivity contribution in [2.45, 2.75) is 19.9 Å². The van der Waals surface area contributed by atoms with Gasteiger partial charge in [-0.15, -0.1) is 11.3 Å². The average Bonchev–Trinajstić information content (AvgIpc) is 2.88. The first kappa shape index (κ1) is 12.6. The third kappa shape index (κ3) is 3.56. The molecular formula is C11H15N5OS. The summed E-state index contributed by atoms with van der Waals surface area (Å²) in [5.41, 5.74) is 7.09. The second kappa shape index (κ2) is 5.63. The Kier molecular flexibility index (Phi) is 3.93. The van der Waals surface area contributed by atoms with Crippen molar-refractivity contribution >= 4 is 22.9 Å². The summed E-state index contributed by atoms with van der Waals surface area (Å²) in [5.74, 6) is -0.0774. The number of hydrogen-bond donors (Lipinski definition) is 2. The first-order valence-corrected chi connectivity index (χ1v) is 6.47. The van der Waals surface area contributed by atoms with Crippen molar-refractivity contribution in [1.29, 1.82) is 0 Å². The average molecular weight is 265 g/mol. The Morgan fingerprint density at radius 3 is 3.06 bits per heavy atom. The molecule has 0 fully saturated rings. The molecule has 0 atom stereocenters. The number of hydrogen-bond acceptors (Lipinski definition) is 5. The maximum absolute atomic E-state index is 11.6. The van der Waals surface area contributed by atoms with Crippen LogP contribution in [0.4, 0.5) is 5.69 Å². The molecule has 18 heavy (non-hydrogen) atoms. The number of nitrogens with zero attached hydrogens (tertiary/aromatic N) is 3. The van der Waals surface area contributed by atoms with Crippen molar-refractivity contribution in [2.75, 3.05) is 12.3 Å². The summed E-state index contributed by atoms with van der Waals surface area (Å²) in [6, 6.07) is 0. The maximum Gasteiger partial charge on any atom is 0.241 e. The highest BCUT2D eigenvalue weighted by molar-refractivity contribution is 7.09. The van der Waals surface area contributed by atoms with Gasteiger partial charge in [0.1, 0.15) is 6.54 Å². The van der Waals surface area contributed by atoms with E-state index in [9.17, 15) is 4.79 Å². The van der Waals surface area contributed by atoms with Crippen molar-refractivity contribution in [3.8, 4) is 0 Å². The van der Waals surface area contributed by atoms with Gasteiger partial charge in [-0.05, 0) is 6.92 Å². The number of aromatic nitrogens is 3. The minimum Gasteiger partial charge on any atom is -0.396 e. The number of thiazole rings is 1.